The molecule has 1 amide bonds. The standard InChI is InChI=1S/C16H21N5O3S.2ClH/c1-2-24-16(23)13-10-25-14(19-13)9-18-15(22)12-5-7-21(20-12)11-4-3-6-17-8-11;;/h5,7,10-11,17H,2-4,6,8-9H2,1H3,(H,18,22);2*1H. The van der Waals surface area contributed by atoms with E-state index < -0.39 is 5.97 Å². The van der Waals surface area contributed by atoms with Gasteiger partial charge in [-0.25, -0.2) is 9.78 Å². The molecule has 1 aliphatic heterocycles. The topological polar surface area (TPSA) is 98.1 Å². The maximum atomic E-state index is 12.2. The summed E-state index contributed by atoms with van der Waals surface area (Å²) >= 11 is 1.31. The van der Waals surface area contributed by atoms with E-state index in [-0.39, 0.29) is 43.0 Å². The molecule has 1 saturated heterocycles. The highest BCUT2D eigenvalue weighted by molar-refractivity contribution is 7.09. The lowest BCUT2D eigenvalue weighted by atomic mass is 10.1. The maximum absolute atomic E-state index is 12.2. The maximum Gasteiger partial charge on any atom is 0.357 e. The first-order valence-electron chi connectivity index (χ1n) is 8.33. The van der Waals surface area contributed by atoms with E-state index in [2.05, 4.69) is 20.7 Å². The lowest BCUT2D eigenvalue weighted by Gasteiger charge is -2.22. The number of hydrogen-bond acceptors (Lipinski definition) is 7. The number of aromatic nitrogens is 3. The molecule has 1 aliphatic rings. The van der Waals surface area contributed by atoms with E-state index in [0.717, 1.165) is 25.9 Å². The molecule has 1 atom stereocenters. The molecule has 2 aromatic heterocycles. The number of amides is 1. The third kappa shape index (κ3) is 6.17. The second kappa shape index (κ2) is 11.2. The Labute approximate surface area is 173 Å². The molecule has 1 fully saturated rings. The van der Waals surface area contributed by atoms with Crippen molar-refractivity contribution in [2.45, 2.75) is 32.4 Å². The van der Waals surface area contributed by atoms with Crippen LogP contribution in [0.15, 0.2) is 17.6 Å². The molecule has 2 N–H and O–H groups in total. The molecular formula is C16H23Cl2N5O3S. The van der Waals surface area contributed by atoms with Gasteiger partial charge in [0.15, 0.2) is 5.69 Å². The lowest BCUT2D eigenvalue weighted by molar-refractivity contribution is 0.0520. The number of thiazole rings is 1. The number of ether oxygens (including phenoxy) is 1. The Bertz CT molecular complexity index is 746. The van der Waals surface area contributed by atoms with Crippen LogP contribution in [-0.2, 0) is 11.3 Å². The van der Waals surface area contributed by atoms with E-state index in [0.29, 0.717) is 23.4 Å². The third-order valence-electron chi connectivity index (χ3n) is 3.92. The summed E-state index contributed by atoms with van der Waals surface area (Å²) in [5.41, 5.74) is 0.651. The van der Waals surface area contributed by atoms with Gasteiger partial charge in [-0.15, -0.1) is 36.2 Å². The molecule has 3 rings (SSSR count). The van der Waals surface area contributed by atoms with Gasteiger partial charge in [0, 0.05) is 18.1 Å². The predicted molar refractivity (Wildman–Crippen MR) is 107 cm³/mol. The van der Waals surface area contributed by atoms with E-state index in [1.165, 1.54) is 11.3 Å². The Balaban J connectivity index is 0.00000182. The summed E-state index contributed by atoms with van der Waals surface area (Å²) < 4.78 is 6.75. The fraction of sp³-hybridized carbons (Fsp3) is 0.500. The van der Waals surface area contributed by atoms with Crippen molar-refractivity contribution in [1.82, 2.24) is 25.4 Å². The van der Waals surface area contributed by atoms with Crippen molar-refractivity contribution in [3.63, 3.8) is 0 Å². The van der Waals surface area contributed by atoms with Crippen molar-refractivity contribution >= 4 is 48.0 Å². The van der Waals surface area contributed by atoms with Crippen molar-refractivity contribution < 1.29 is 14.3 Å². The molecule has 0 bridgehead atoms. The van der Waals surface area contributed by atoms with Gasteiger partial charge < -0.3 is 15.4 Å². The van der Waals surface area contributed by atoms with Crippen molar-refractivity contribution in [1.29, 1.82) is 0 Å². The molecule has 0 aromatic carbocycles. The summed E-state index contributed by atoms with van der Waals surface area (Å²) in [6.45, 7) is 4.21. The quantitative estimate of drug-likeness (QED) is 0.674. The SMILES string of the molecule is CCOC(=O)c1csc(CNC(=O)c2ccn(C3CCCNC3)n2)n1.Cl.Cl. The van der Waals surface area contributed by atoms with Gasteiger partial charge in [-0.3, -0.25) is 9.48 Å². The van der Waals surface area contributed by atoms with Gasteiger partial charge in [-0.05, 0) is 32.4 Å². The van der Waals surface area contributed by atoms with Crippen LogP contribution in [0.2, 0.25) is 0 Å². The van der Waals surface area contributed by atoms with Crippen LogP contribution in [0.5, 0.6) is 0 Å². The Morgan fingerprint density at radius 3 is 2.93 bits per heavy atom. The minimum absolute atomic E-state index is 0. The molecule has 3 heterocycles. The molecule has 2 aromatic rings. The highest BCUT2D eigenvalue weighted by Crippen LogP contribution is 2.16. The van der Waals surface area contributed by atoms with Crippen LogP contribution < -0.4 is 10.6 Å². The fourth-order valence-corrected chi connectivity index (χ4v) is 3.36. The first-order valence-corrected chi connectivity index (χ1v) is 9.21. The van der Waals surface area contributed by atoms with Crippen molar-refractivity contribution in [3.8, 4) is 0 Å². The molecule has 0 radical (unpaired) electrons. The molecule has 8 nitrogen and oxygen atoms in total. The molecule has 11 heteroatoms. The van der Waals surface area contributed by atoms with Gasteiger partial charge >= 0.3 is 5.97 Å². The van der Waals surface area contributed by atoms with Crippen LogP contribution in [0.1, 0.15) is 51.8 Å². The number of carbonyl (C=O) groups is 2. The predicted octanol–water partition coefficient (Wildman–Crippen LogP) is 2.21. The van der Waals surface area contributed by atoms with E-state index >= 15 is 0 Å². The van der Waals surface area contributed by atoms with Crippen LogP contribution in [0.4, 0.5) is 0 Å². The zero-order valence-corrected chi connectivity index (χ0v) is 17.3. The van der Waals surface area contributed by atoms with Crippen molar-refractivity contribution in [2.75, 3.05) is 19.7 Å². The summed E-state index contributed by atoms with van der Waals surface area (Å²) in [5.74, 6) is -0.702. The van der Waals surface area contributed by atoms with Crippen LogP contribution in [-0.4, -0.2) is 46.3 Å². The second-order valence-electron chi connectivity index (χ2n) is 5.71. The van der Waals surface area contributed by atoms with Crippen LogP contribution in [0.3, 0.4) is 0 Å². The number of nitrogens with zero attached hydrogens (tertiary/aromatic N) is 3. The summed E-state index contributed by atoms with van der Waals surface area (Å²) in [6.07, 6.45) is 4.01. The van der Waals surface area contributed by atoms with E-state index in [1.54, 1.807) is 18.4 Å². The fourth-order valence-electron chi connectivity index (χ4n) is 2.66. The smallest absolute Gasteiger partial charge is 0.357 e. The summed E-state index contributed by atoms with van der Waals surface area (Å²) in [4.78, 5) is 28.0. The van der Waals surface area contributed by atoms with Crippen LogP contribution in [0, 0.1) is 0 Å². The first kappa shape index (κ1) is 23.4. The number of hydrogen-bond donors (Lipinski definition) is 2. The number of rotatable bonds is 6. The Morgan fingerprint density at radius 2 is 2.22 bits per heavy atom. The highest BCUT2D eigenvalue weighted by atomic mass is 35.5. The van der Waals surface area contributed by atoms with E-state index in [1.807, 2.05) is 10.9 Å². The average Bonchev–Trinajstić information content (AvgIpc) is 3.30. The molecule has 0 spiro atoms. The van der Waals surface area contributed by atoms with Gasteiger partial charge in [-0.1, -0.05) is 0 Å². The Kier molecular flexibility index (Phi) is 9.71. The van der Waals surface area contributed by atoms with Crippen LogP contribution >= 0.6 is 36.2 Å². The summed E-state index contributed by atoms with van der Waals surface area (Å²) in [7, 11) is 0. The van der Waals surface area contributed by atoms with Crippen molar-refractivity contribution in [2.24, 2.45) is 0 Å². The van der Waals surface area contributed by atoms with Gasteiger partial charge in [0.2, 0.25) is 0 Å². The molecule has 0 saturated carbocycles. The van der Waals surface area contributed by atoms with Gasteiger partial charge in [0.25, 0.3) is 5.91 Å². The number of esters is 1. The Hall–Kier alpha value is -1.68. The third-order valence-corrected chi connectivity index (χ3v) is 4.77. The average molecular weight is 436 g/mol. The normalized spacial score (nSPS) is 16.0. The van der Waals surface area contributed by atoms with Gasteiger partial charge in [0.05, 0.1) is 19.2 Å². The highest BCUT2D eigenvalue weighted by Gasteiger charge is 2.18. The molecule has 27 heavy (non-hydrogen) atoms. The second-order valence-corrected chi connectivity index (χ2v) is 6.65. The Morgan fingerprint density at radius 1 is 1.41 bits per heavy atom. The number of nitrogens with one attached hydrogen (secondary N) is 2. The zero-order chi connectivity index (χ0) is 17.6. The molecule has 0 aliphatic carbocycles. The number of carbonyl (C=O) groups excluding carboxylic acids is 2. The number of halogens is 2. The van der Waals surface area contributed by atoms with Crippen LogP contribution in [0.25, 0.3) is 0 Å². The minimum atomic E-state index is -0.448. The minimum Gasteiger partial charge on any atom is -0.461 e. The zero-order valence-electron chi connectivity index (χ0n) is 14.8. The van der Waals surface area contributed by atoms with Gasteiger partial charge in [0.1, 0.15) is 10.7 Å². The van der Waals surface area contributed by atoms with Crippen molar-refractivity contribution in [3.05, 3.63) is 34.0 Å². The van der Waals surface area contributed by atoms with Gasteiger partial charge in [-0.2, -0.15) is 5.10 Å². The summed E-state index contributed by atoms with van der Waals surface area (Å²) in [5, 5.41) is 12.8. The molecule has 150 valence electrons. The van der Waals surface area contributed by atoms with E-state index in [4.69, 9.17) is 4.74 Å². The molecular weight excluding hydrogens is 413 g/mol. The van der Waals surface area contributed by atoms with E-state index in [9.17, 15) is 9.59 Å². The lowest BCUT2D eigenvalue weighted by Crippen LogP contribution is -2.32. The summed E-state index contributed by atoms with van der Waals surface area (Å²) in [6, 6.07) is 2.01. The monoisotopic (exact) mass is 435 g/mol. The first-order chi connectivity index (χ1) is 12.2. The molecule has 1 unspecified atom stereocenters. The largest absolute Gasteiger partial charge is 0.461 e. The number of piperidine rings is 1.